The van der Waals surface area contributed by atoms with Crippen LogP contribution in [0.4, 0.5) is 22.5 Å². The van der Waals surface area contributed by atoms with Gasteiger partial charge in [0.2, 0.25) is 11.9 Å². The van der Waals surface area contributed by atoms with Gasteiger partial charge >= 0.3 is 0 Å². The van der Waals surface area contributed by atoms with Crippen LogP contribution in [0.25, 0.3) is 10.3 Å². The van der Waals surface area contributed by atoms with E-state index in [-0.39, 0.29) is 18.4 Å². The molecule has 2 amide bonds. The molecule has 1 fully saturated rings. The Balaban J connectivity index is 1.26. The molecule has 5 rings (SSSR count). The van der Waals surface area contributed by atoms with Crippen molar-refractivity contribution in [1.82, 2.24) is 19.9 Å². The van der Waals surface area contributed by atoms with Crippen LogP contribution < -0.4 is 16.0 Å². The summed E-state index contributed by atoms with van der Waals surface area (Å²) in [5, 5.41) is 18.9. The van der Waals surface area contributed by atoms with Gasteiger partial charge in [0.25, 0.3) is 5.91 Å². The Bertz CT molecular complexity index is 1640. The van der Waals surface area contributed by atoms with Gasteiger partial charge in [0.05, 0.1) is 37.4 Å². The van der Waals surface area contributed by atoms with E-state index in [0.29, 0.717) is 45.9 Å². The SMILES string of the molecule is Cc1ccc(NC(=O)c2cccc(C(C)(C)C#N)c2)cc1Nc1ncc2nc(NC(=O)CN3CCOCC3)sc2n1. The maximum atomic E-state index is 13.0. The van der Waals surface area contributed by atoms with Crippen molar-refractivity contribution in [3.8, 4) is 6.07 Å². The maximum Gasteiger partial charge on any atom is 0.255 e. The van der Waals surface area contributed by atoms with Crippen LogP contribution in [-0.4, -0.2) is 64.5 Å². The molecule has 41 heavy (non-hydrogen) atoms. The lowest BCUT2D eigenvalue weighted by Crippen LogP contribution is -2.41. The number of thiazole rings is 1. The fourth-order valence-corrected chi connectivity index (χ4v) is 5.07. The number of nitrogens with zero attached hydrogens (tertiary/aromatic N) is 5. The highest BCUT2D eigenvalue weighted by molar-refractivity contribution is 7.21. The van der Waals surface area contributed by atoms with Crippen molar-refractivity contribution in [2.24, 2.45) is 0 Å². The number of ether oxygens (including phenoxy) is 1. The average molecular weight is 571 g/mol. The number of aromatic nitrogens is 3. The van der Waals surface area contributed by atoms with Crippen LogP contribution in [-0.2, 0) is 14.9 Å². The van der Waals surface area contributed by atoms with Gasteiger partial charge in [0, 0.05) is 30.0 Å². The van der Waals surface area contributed by atoms with E-state index in [9.17, 15) is 14.9 Å². The second-order valence-corrected chi connectivity index (χ2v) is 11.2. The molecule has 0 bridgehead atoms. The zero-order valence-electron chi connectivity index (χ0n) is 23.0. The van der Waals surface area contributed by atoms with Crippen LogP contribution >= 0.6 is 11.3 Å². The predicted molar refractivity (Wildman–Crippen MR) is 159 cm³/mol. The first kappa shape index (κ1) is 28.1. The van der Waals surface area contributed by atoms with E-state index in [0.717, 1.165) is 29.9 Å². The van der Waals surface area contributed by atoms with Crippen molar-refractivity contribution in [3.63, 3.8) is 0 Å². The number of aryl methyl sites for hydroxylation is 1. The van der Waals surface area contributed by atoms with Crippen LogP contribution in [0.2, 0.25) is 0 Å². The molecule has 0 radical (unpaired) electrons. The summed E-state index contributed by atoms with van der Waals surface area (Å²) in [4.78, 5) is 41.5. The summed E-state index contributed by atoms with van der Waals surface area (Å²) in [6.07, 6.45) is 1.61. The normalized spacial score (nSPS) is 13.9. The number of rotatable bonds is 8. The predicted octanol–water partition coefficient (Wildman–Crippen LogP) is 4.46. The summed E-state index contributed by atoms with van der Waals surface area (Å²) in [6.45, 7) is 8.57. The largest absolute Gasteiger partial charge is 0.379 e. The van der Waals surface area contributed by atoms with E-state index in [2.05, 4.69) is 37.0 Å². The monoisotopic (exact) mass is 570 g/mol. The average Bonchev–Trinajstić information content (AvgIpc) is 3.36. The first-order valence-corrected chi connectivity index (χ1v) is 14.0. The van der Waals surface area contributed by atoms with Gasteiger partial charge in [-0.3, -0.25) is 14.5 Å². The highest BCUT2D eigenvalue weighted by Gasteiger charge is 2.21. The van der Waals surface area contributed by atoms with E-state index in [1.165, 1.54) is 11.3 Å². The molecule has 12 heteroatoms. The molecular weight excluding hydrogens is 540 g/mol. The van der Waals surface area contributed by atoms with E-state index in [1.54, 1.807) is 24.4 Å². The number of carbonyl (C=O) groups is 2. The number of amides is 2. The third kappa shape index (κ3) is 6.83. The van der Waals surface area contributed by atoms with Gasteiger partial charge in [-0.15, -0.1) is 0 Å². The second-order valence-electron chi connectivity index (χ2n) is 10.3. The third-order valence-corrected chi connectivity index (χ3v) is 7.62. The number of nitriles is 1. The minimum Gasteiger partial charge on any atom is -0.379 e. The van der Waals surface area contributed by atoms with Gasteiger partial charge in [0.1, 0.15) is 5.52 Å². The van der Waals surface area contributed by atoms with Gasteiger partial charge in [-0.1, -0.05) is 29.5 Å². The van der Waals surface area contributed by atoms with E-state index >= 15 is 0 Å². The fourth-order valence-electron chi connectivity index (χ4n) is 4.24. The van der Waals surface area contributed by atoms with Gasteiger partial charge in [-0.25, -0.2) is 9.97 Å². The fraction of sp³-hybridized carbons (Fsp3) is 0.310. The molecule has 4 aromatic rings. The molecule has 2 aromatic heterocycles. The van der Waals surface area contributed by atoms with Crippen molar-refractivity contribution in [2.45, 2.75) is 26.2 Å². The number of hydrogen-bond acceptors (Lipinski definition) is 10. The minimum atomic E-state index is -0.703. The summed E-state index contributed by atoms with van der Waals surface area (Å²) in [5.41, 5.74) is 3.38. The summed E-state index contributed by atoms with van der Waals surface area (Å²) >= 11 is 1.28. The van der Waals surface area contributed by atoms with Crippen molar-refractivity contribution < 1.29 is 14.3 Å². The molecule has 1 saturated heterocycles. The lowest BCUT2D eigenvalue weighted by atomic mass is 9.85. The van der Waals surface area contributed by atoms with Crippen molar-refractivity contribution >= 4 is 56.0 Å². The van der Waals surface area contributed by atoms with Crippen molar-refractivity contribution in [3.05, 3.63) is 65.4 Å². The molecular formula is C29H30N8O3S. The number of anilines is 4. The van der Waals surface area contributed by atoms with Crippen LogP contribution in [0.15, 0.2) is 48.7 Å². The molecule has 0 aliphatic carbocycles. The molecule has 3 heterocycles. The third-order valence-electron chi connectivity index (χ3n) is 6.74. The molecule has 0 spiro atoms. The zero-order chi connectivity index (χ0) is 29.0. The van der Waals surface area contributed by atoms with E-state index in [1.807, 2.05) is 49.9 Å². The standard InChI is InChI=1S/C29H30N8O3S/c1-18-7-8-21(32-25(39)19-5-4-6-20(13-19)29(2,3)17-30)14-22(18)33-27-31-15-23-26(36-27)41-28(34-23)35-24(38)16-37-9-11-40-12-10-37/h4-8,13-15H,9-12,16H2,1-3H3,(H,32,39)(H,31,33,36)(H,34,35,38). The number of fused-ring (bicyclic) bond motifs is 1. The topological polar surface area (TPSA) is 145 Å². The van der Waals surface area contributed by atoms with Crippen LogP contribution in [0, 0.1) is 18.3 Å². The molecule has 2 aromatic carbocycles. The van der Waals surface area contributed by atoms with Crippen molar-refractivity contribution in [1.29, 1.82) is 5.26 Å². The molecule has 11 nitrogen and oxygen atoms in total. The number of carbonyl (C=O) groups excluding carboxylic acids is 2. The number of benzene rings is 2. The van der Waals surface area contributed by atoms with Crippen LogP contribution in [0.5, 0.6) is 0 Å². The number of nitrogens with one attached hydrogen (secondary N) is 3. The Kier molecular flexibility index (Phi) is 8.21. The number of morpholine rings is 1. The summed E-state index contributed by atoms with van der Waals surface area (Å²) in [7, 11) is 0. The molecule has 0 saturated carbocycles. The van der Waals surface area contributed by atoms with Gasteiger partial charge in [0.15, 0.2) is 9.96 Å². The van der Waals surface area contributed by atoms with Gasteiger partial charge in [-0.2, -0.15) is 10.2 Å². The summed E-state index contributed by atoms with van der Waals surface area (Å²) < 4.78 is 5.33. The maximum absolute atomic E-state index is 13.0. The molecule has 1 aliphatic heterocycles. The minimum absolute atomic E-state index is 0.132. The Hall–Kier alpha value is -4.44. The lowest BCUT2D eigenvalue weighted by Gasteiger charge is -2.25. The zero-order valence-corrected chi connectivity index (χ0v) is 23.8. The summed E-state index contributed by atoms with van der Waals surface area (Å²) in [6, 6.07) is 14.9. The smallest absolute Gasteiger partial charge is 0.255 e. The van der Waals surface area contributed by atoms with Crippen molar-refractivity contribution in [2.75, 3.05) is 48.8 Å². The Morgan fingerprint density at radius 3 is 2.71 bits per heavy atom. The first-order chi connectivity index (χ1) is 19.7. The Morgan fingerprint density at radius 1 is 1.12 bits per heavy atom. The van der Waals surface area contributed by atoms with Gasteiger partial charge in [-0.05, 0) is 56.2 Å². The van der Waals surface area contributed by atoms with Crippen LogP contribution in [0.1, 0.15) is 35.3 Å². The first-order valence-electron chi connectivity index (χ1n) is 13.1. The lowest BCUT2D eigenvalue weighted by molar-refractivity contribution is -0.118. The van der Waals surface area contributed by atoms with E-state index < -0.39 is 5.41 Å². The molecule has 0 atom stereocenters. The highest BCUT2D eigenvalue weighted by Crippen LogP contribution is 2.28. The Morgan fingerprint density at radius 2 is 1.93 bits per heavy atom. The Labute approximate surface area is 241 Å². The molecule has 1 aliphatic rings. The molecule has 210 valence electrons. The van der Waals surface area contributed by atoms with Gasteiger partial charge < -0.3 is 20.7 Å². The quantitative estimate of drug-likeness (QED) is 0.279. The second kappa shape index (κ2) is 12.0. The van der Waals surface area contributed by atoms with Crippen LogP contribution in [0.3, 0.4) is 0 Å². The molecule has 3 N–H and O–H groups in total. The molecule has 0 unspecified atom stereocenters. The number of hydrogen-bond donors (Lipinski definition) is 3. The highest BCUT2D eigenvalue weighted by atomic mass is 32.1. The van der Waals surface area contributed by atoms with E-state index in [4.69, 9.17) is 4.74 Å². The summed E-state index contributed by atoms with van der Waals surface area (Å²) in [5.74, 6) is -0.0430.